The van der Waals surface area contributed by atoms with E-state index in [4.69, 9.17) is 14.6 Å². The Bertz CT molecular complexity index is 1310. The topological polar surface area (TPSA) is 98.7 Å². The van der Waals surface area contributed by atoms with Crippen molar-refractivity contribution < 1.29 is 23.4 Å². The number of nitrogens with one attached hydrogen (secondary N) is 1. The van der Waals surface area contributed by atoms with Gasteiger partial charge in [-0.25, -0.2) is 9.50 Å². The number of nitrogens with zero attached hydrogens (tertiary/aromatic N) is 5. The zero-order valence-corrected chi connectivity index (χ0v) is 19.7. The van der Waals surface area contributed by atoms with E-state index >= 15 is 0 Å². The zero-order chi connectivity index (χ0) is 24.4. The first-order chi connectivity index (χ1) is 17.0. The third-order valence-electron chi connectivity index (χ3n) is 5.85. The minimum Gasteiger partial charge on any atom is -0.434 e. The number of benzene rings is 1. The number of aliphatic hydroxyl groups excluding tert-OH is 1. The molecule has 1 aliphatic rings. The van der Waals surface area contributed by atoms with Crippen molar-refractivity contribution in [2.75, 3.05) is 24.8 Å². The largest absolute Gasteiger partial charge is 0.434 e. The van der Waals surface area contributed by atoms with Crippen LogP contribution in [0.1, 0.15) is 30.7 Å². The Hall–Kier alpha value is -3.22. The molecule has 9 nitrogen and oxygen atoms in total. The van der Waals surface area contributed by atoms with Crippen molar-refractivity contribution >= 4 is 23.1 Å². The van der Waals surface area contributed by atoms with Gasteiger partial charge in [0.15, 0.2) is 11.9 Å². The van der Waals surface area contributed by atoms with Gasteiger partial charge in [-0.3, -0.25) is 4.68 Å². The van der Waals surface area contributed by atoms with Crippen LogP contribution in [0, 0.1) is 0 Å². The van der Waals surface area contributed by atoms with Gasteiger partial charge in [-0.05, 0) is 43.4 Å². The summed E-state index contributed by atoms with van der Waals surface area (Å²) in [6.07, 6.45) is 8.93. The first kappa shape index (κ1) is 23.5. The molecular weight excluding hydrogens is 478 g/mol. The molecule has 4 heterocycles. The van der Waals surface area contributed by atoms with Gasteiger partial charge in [0, 0.05) is 42.3 Å². The minimum absolute atomic E-state index is 0.00483. The Morgan fingerprint density at radius 1 is 1.29 bits per heavy atom. The second kappa shape index (κ2) is 10.2. The molecule has 1 unspecified atom stereocenters. The number of aromatic nitrogens is 5. The summed E-state index contributed by atoms with van der Waals surface area (Å²) in [5, 5.41) is 23.1. The molecule has 1 aliphatic heterocycles. The molecular formula is C23H24F2N6O3S. The quantitative estimate of drug-likeness (QED) is 0.271. The lowest BCUT2D eigenvalue weighted by Crippen LogP contribution is -2.20. The van der Waals surface area contributed by atoms with Crippen LogP contribution < -0.4 is 10.1 Å². The summed E-state index contributed by atoms with van der Waals surface area (Å²) in [5.74, 6) is 0.00483. The number of alkyl halides is 2. The maximum atomic E-state index is 13.2. The van der Waals surface area contributed by atoms with Crippen molar-refractivity contribution in [2.24, 2.45) is 0 Å². The number of ether oxygens (including phenoxy) is 2. The SMILES string of the molecule is CSc1ccc(OC(F)F)c(-c2nn(C3CCOCC3)cc2NC(O)c2cnn3cccnc23)c1. The van der Waals surface area contributed by atoms with E-state index in [9.17, 15) is 13.9 Å². The summed E-state index contributed by atoms with van der Waals surface area (Å²) in [6, 6.07) is 6.80. The van der Waals surface area contributed by atoms with Crippen LogP contribution in [0.25, 0.3) is 16.9 Å². The van der Waals surface area contributed by atoms with Crippen LogP contribution in [0.5, 0.6) is 5.75 Å². The Balaban J connectivity index is 1.57. The van der Waals surface area contributed by atoms with Crippen molar-refractivity contribution in [3.05, 3.63) is 54.6 Å². The summed E-state index contributed by atoms with van der Waals surface area (Å²) in [7, 11) is 0. The van der Waals surface area contributed by atoms with E-state index in [1.54, 1.807) is 46.0 Å². The maximum Gasteiger partial charge on any atom is 0.387 e. The lowest BCUT2D eigenvalue weighted by Gasteiger charge is -2.22. The number of fused-ring (bicyclic) bond motifs is 1. The second-order valence-electron chi connectivity index (χ2n) is 7.99. The highest BCUT2D eigenvalue weighted by molar-refractivity contribution is 7.98. The van der Waals surface area contributed by atoms with E-state index in [0.29, 0.717) is 41.4 Å². The molecule has 12 heteroatoms. The zero-order valence-electron chi connectivity index (χ0n) is 18.8. The van der Waals surface area contributed by atoms with Crippen molar-refractivity contribution in [3.63, 3.8) is 0 Å². The van der Waals surface area contributed by atoms with Crippen LogP contribution >= 0.6 is 11.8 Å². The van der Waals surface area contributed by atoms with Gasteiger partial charge in [0.1, 0.15) is 11.4 Å². The molecule has 1 fully saturated rings. The standard InChI is InChI=1S/C23H24F2N6O3S/c1-35-15-3-4-19(34-23(24)25)16(11-15)20-18(13-31(29-20)14-5-9-33-10-6-14)28-22(32)17-12-27-30-8-2-7-26-21(17)30/h2-4,7-8,11-14,22-23,28,32H,5-6,9-10H2,1H3. The average molecular weight is 503 g/mol. The Morgan fingerprint density at radius 3 is 2.89 bits per heavy atom. The lowest BCUT2D eigenvalue weighted by molar-refractivity contribution is -0.0494. The number of halogens is 2. The van der Waals surface area contributed by atoms with Gasteiger partial charge >= 0.3 is 6.61 Å². The first-order valence-corrected chi connectivity index (χ1v) is 12.3. The summed E-state index contributed by atoms with van der Waals surface area (Å²) in [5.41, 5.74) is 2.23. The molecule has 0 amide bonds. The molecule has 1 saturated heterocycles. The van der Waals surface area contributed by atoms with E-state index in [0.717, 1.165) is 17.7 Å². The number of rotatable bonds is 8. The second-order valence-corrected chi connectivity index (χ2v) is 8.87. The Labute approximate surface area is 204 Å². The average Bonchev–Trinajstić information content (AvgIpc) is 3.49. The van der Waals surface area contributed by atoms with Gasteiger partial charge in [0.05, 0.1) is 23.5 Å². The third kappa shape index (κ3) is 4.95. The van der Waals surface area contributed by atoms with Gasteiger partial charge in [-0.2, -0.15) is 19.0 Å². The maximum absolute atomic E-state index is 13.2. The minimum atomic E-state index is -2.99. The van der Waals surface area contributed by atoms with Crippen molar-refractivity contribution in [1.29, 1.82) is 0 Å². The predicted molar refractivity (Wildman–Crippen MR) is 127 cm³/mol. The van der Waals surface area contributed by atoms with Crippen LogP contribution in [0.15, 0.2) is 53.9 Å². The van der Waals surface area contributed by atoms with E-state index in [2.05, 4.69) is 15.4 Å². The van der Waals surface area contributed by atoms with E-state index in [-0.39, 0.29) is 11.8 Å². The molecule has 184 valence electrons. The van der Waals surface area contributed by atoms with Crippen LogP contribution in [0.3, 0.4) is 0 Å². The number of thioether (sulfide) groups is 1. The summed E-state index contributed by atoms with van der Waals surface area (Å²) >= 11 is 1.48. The highest BCUT2D eigenvalue weighted by Crippen LogP contribution is 2.39. The van der Waals surface area contributed by atoms with Gasteiger partial charge in [0.25, 0.3) is 0 Å². The van der Waals surface area contributed by atoms with E-state index < -0.39 is 12.8 Å². The molecule has 3 aromatic heterocycles. The fourth-order valence-corrected chi connectivity index (χ4v) is 4.56. The molecule has 0 radical (unpaired) electrons. The number of hydrogen-bond donors (Lipinski definition) is 2. The lowest BCUT2D eigenvalue weighted by atomic mass is 10.1. The van der Waals surface area contributed by atoms with Gasteiger partial charge in [-0.15, -0.1) is 11.8 Å². The smallest absolute Gasteiger partial charge is 0.387 e. The van der Waals surface area contributed by atoms with Crippen LogP contribution in [-0.2, 0) is 4.74 Å². The molecule has 2 N–H and O–H groups in total. The van der Waals surface area contributed by atoms with Gasteiger partial charge in [-0.1, -0.05) is 0 Å². The first-order valence-electron chi connectivity index (χ1n) is 11.1. The molecule has 5 rings (SSSR count). The monoisotopic (exact) mass is 502 g/mol. The van der Waals surface area contributed by atoms with Crippen molar-refractivity contribution in [2.45, 2.75) is 36.6 Å². The van der Waals surface area contributed by atoms with Gasteiger partial charge in [0.2, 0.25) is 0 Å². The van der Waals surface area contributed by atoms with Crippen LogP contribution in [-0.4, -0.2) is 55.6 Å². The molecule has 1 atom stereocenters. The van der Waals surface area contributed by atoms with Crippen LogP contribution in [0.2, 0.25) is 0 Å². The normalized spacial score (nSPS) is 15.6. The molecule has 4 aromatic rings. The number of anilines is 1. The Morgan fingerprint density at radius 2 is 2.11 bits per heavy atom. The number of hydrogen-bond acceptors (Lipinski definition) is 8. The molecule has 0 aliphatic carbocycles. The third-order valence-corrected chi connectivity index (χ3v) is 6.57. The fraction of sp³-hybridized carbons (Fsp3) is 0.348. The molecule has 35 heavy (non-hydrogen) atoms. The fourth-order valence-electron chi connectivity index (χ4n) is 4.12. The van der Waals surface area contributed by atoms with Gasteiger partial charge < -0.3 is 19.9 Å². The highest BCUT2D eigenvalue weighted by Gasteiger charge is 2.25. The van der Waals surface area contributed by atoms with E-state index in [1.807, 2.05) is 6.26 Å². The molecule has 0 bridgehead atoms. The van der Waals surface area contributed by atoms with Crippen LogP contribution in [0.4, 0.5) is 14.5 Å². The summed E-state index contributed by atoms with van der Waals surface area (Å²) in [4.78, 5) is 5.15. The summed E-state index contributed by atoms with van der Waals surface area (Å²) < 4.78 is 40.1. The molecule has 1 aromatic carbocycles. The number of aliphatic hydroxyl groups is 1. The molecule has 0 spiro atoms. The summed E-state index contributed by atoms with van der Waals surface area (Å²) in [6.45, 7) is -1.76. The molecule has 0 saturated carbocycles. The van der Waals surface area contributed by atoms with Crippen molar-refractivity contribution in [3.8, 4) is 17.0 Å². The Kier molecular flexibility index (Phi) is 6.84. The predicted octanol–water partition coefficient (Wildman–Crippen LogP) is 4.37. The van der Waals surface area contributed by atoms with Crippen molar-refractivity contribution in [1.82, 2.24) is 24.4 Å². The van der Waals surface area contributed by atoms with E-state index in [1.165, 1.54) is 24.0 Å². The highest BCUT2D eigenvalue weighted by atomic mass is 32.2.